The van der Waals surface area contributed by atoms with Crippen molar-refractivity contribution in [3.05, 3.63) is 29.3 Å². The van der Waals surface area contributed by atoms with Crippen molar-refractivity contribution >= 4 is 11.6 Å². The molecule has 0 aromatic heterocycles. The summed E-state index contributed by atoms with van der Waals surface area (Å²) in [6.07, 6.45) is 3.90. The van der Waals surface area contributed by atoms with Gasteiger partial charge in [-0.2, -0.15) is 0 Å². The van der Waals surface area contributed by atoms with Crippen LogP contribution < -0.4 is 10.6 Å². The number of nitrogens with zero attached hydrogens (tertiary/aromatic N) is 1. The predicted octanol–water partition coefficient (Wildman–Crippen LogP) is 3.17. The molecule has 0 spiro atoms. The molecule has 0 saturated heterocycles. The molecule has 3 heteroatoms. The van der Waals surface area contributed by atoms with Crippen LogP contribution in [0.5, 0.6) is 0 Å². The number of aryl methyl sites for hydroxylation is 2. The zero-order valence-electron chi connectivity index (χ0n) is 12.9. The largest absolute Gasteiger partial charge is 0.327 e. The molecular formula is C17H26N2O. The number of anilines is 1. The first-order chi connectivity index (χ1) is 9.51. The third-order valence-corrected chi connectivity index (χ3v) is 4.29. The van der Waals surface area contributed by atoms with Gasteiger partial charge in [0.15, 0.2) is 0 Å². The van der Waals surface area contributed by atoms with E-state index in [1.807, 2.05) is 11.8 Å². The van der Waals surface area contributed by atoms with Crippen molar-refractivity contribution in [2.24, 2.45) is 11.7 Å². The summed E-state index contributed by atoms with van der Waals surface area (Å²) >= 11 is 0. The fourth-order valence-corrected chi connectivity index (χ4v) is 3.26. The zero-order valence-corrected chi connectivity index (χ0v) is 12.9. The quantitative estimate of drug-likeness (QED) is 0.916. The van der Waals surface area contributed by atoms with Crippen LogP contribution in [0.15, 0.2) is 18.2 Å². The molecule has 1 fully saturated rings. The average Bonchev–Trinajstić information content (AvgIpc) is 2.74. The maximum Gasteiger partial charge on any atom is 0.227 e. The molecule has 20 heavy (non-hydrogen) atoms. The second-order valence-corrected chi connectivity index (χ2v) is 6.04. The number of hydrogen-bond acceptors (Lipinski definition) is 2. The van der Waals surface area contributed by atoms with E-state index in [4.69, 9.17) is 5.73 Å². The van der Waals surface area contributed by atoms with Gasteiger partial charge in [0, 0.05) is 24.7 Å². The van der Waals surface area contributed by atoms with E-state index >= 15 is 0 Å². The zero-order chi connectivity index (χ0) is 14.7. The van der Waals surface area contributed by atoms with Crippen LogP contribution in [-0.4, -0.2) is 18.5 Å². The normalized spacial score (nSPS) is 22.0. The van der Waals surface area contributed by atoms with E-state index in [1.54, 1.807) is 0 Å². The minimum absolute atomic E-state index is 0.205. The number of amides is 1. The molecule has 0 unspecified atom stereocenters. The summed E-state index contributed by atoms with van der Waals surface area (Å²) in [4.78, 5) is 14.5. The van der Waals surface area contributed by atoms with Crippen molar-refractivity contribution in [3.63, 3.8) is 0 Å². The number of benzene rings is 1. The van der Waals surface area contributed by atoms with E-state index in [0.29, 0.717) is 18.9 Å². The molecule has 2 N–H and O–H groups in total. The molecule has 1 aliphatic carbocycles. The fraction of sp³-hybridized carbons (Fsp3) is 0.588. The Bertz CT molecular complexity index is 464. The van der Waals surface area contributed by atoms with Gasteiger partial charge in [-0.15, -0.1) is 0 Å². The van der Waals surface area contributed by atoms with Gasteiger partial charge in [0.1, 0.15) is 0 Å². The van der Waals surface area contributed by atoms with Crippen LogP contribution in [0.4, 0.5) is 5.69 Å². The standard InChI is InChI=1S/C17H26N2O/c1-4-19(15-9-12(2)8-13(3)10-15)17(20)11-14-6-5-7-16(14)18/h8-10,14,16H,4-7,11,18H2,1-3H3/t14-,16+/m0/s1. The highest BCUT2D eigenvalue weighted by molar-refractivity contribution is 5.93. The van der Waals surface area contributed by atoms with Crippen LogP contribution in [0.25, 0.3) is 0 Å². The highest BCUT2D eigenvalue weighted by Gasteiger charge is 2.28. The van der Waals surface area contributed by atoms with Gasteiger partial charge in [0.25, 0.3) is 0 Å². The van der Waals surface area contributed by atoms with Gasteiger partial charge in [-0.25, -0.2) is 0 Å². The molecule has 0 radical (unpaired) electrons. The van der Waals surface area contributed by atoms with Crippen LogP contribution in [0, 0.1) is 19.8 Å². The molecule has 1 saturated carbocycles. The summed E-state index contributed by atoms with van der Waals surface area (Å²) in [6.45, 7) is 6.89. The van der Waals surface area contributed by atoms with Crippen molar-refractivity contribution in [2.45, 2.75) is 52.5 Å². The molecule has 1 aromatic carbocycles. The van der Waals surface area contributed by atoms with E-state index in [9.17, 15) is 4.79 Å². The van der Waals surface area contributed by atoms with Crippen LogP contribution in [-0.2, 0) is 4.79 Å². The maximum absolute atomic E-state index is 12.6. The Morgan fingerprint density at radius 3 is 2.40 bits per heavy atom. The first kappa shape index (κ1) is 15.0. The van der Waals surface area contributed by atoms with E-state index in [2.05, 4.69) is 32.0 Å². The number of carbonyl (C=O) groups is 1. The second kappa shape index (κ2) is 6.40. The van der Waals surface area contributed by atoms with E-state index in [0.717, 1.165) is 24.9 Å². The van der Waals surface area contributed by atoms with Gasteiger partial charge >= 0.3 is 0 Å². The molecule has 1 amide bonds. The second-order valence-electron chi connectivity index (χ2n) is 6.04. The van der Waals surface area contributed by atoms with E-state index in [-0.39, 0.29) is 11.9 Å². The van der Waals surface area contributed by atoms with Crippen LogP contribution in [0.1, 0.15) is 43.7 Å². The molecular weight excluding hydrogens is 248 g/mol. The average molecular weight is 274 g/mol. The minimum atomic E-state index is 0.205. The number of nitrogens with two attached hydrogens (primary N) is 1. The lowest BCUT2D eigenvalue weighted by molar-refractivity contribution is -0.119. The predicted molar refractivity (Wildman–Crippen MR) is 83.9 cm³/mol. The third kappa shape index (κ3) is 3.40. The number of hydrogen-bond donors (Lipinski definition) is 1. The first-order valence-corrected chi connectivity index (χ1v) is 7.65. The molecule has 110 valence electrons. The molecule has 0 heterocycles. The summed E-state index contributed by atoms with van der Waals surface area (Å²) in [5, 5.41) is 0. The van der Waals surface area contributed by atoms with Crippen LogP contribution in [0.2, 0.25) is 0 Å². The van der Waals surface area contributed by atoms with Gasteiger partial charge < -0.3 is 10.6 Å². The van der Waals surface area contributed by atoms with Crippen molar-refractivity contribution in [2.75, 3.05) is 11.4 Å². The molecule has 2 rings (SSSR count). The Kier molecular flexibility index (Phi) is 4.81. The summed E-state index contributed by atoms with van der Waals surface area (Å²) in [7, 11) is 0. The first-order valence-electron chi connectivity index (χ1n) is 7.65. The summed E-state index contributed by atoms with van der Waals surface area (Å²) in [6, 6.07) is 6.51. The SMILES string of the molecule is CCN(C(=O)C[C@@H]1CCC[C@H]1N)c1cc(C)cc(C)c1. The van der Waals surface area contributed by atoms with Gasteiger partial charge in [-0.1, -0.05) is 12.5 Å². The highest BCUT2D eigenvalue weighted by atomic mass is 16.2. The van der Waals surface area contributed by atoms with Gasteiger partial charge in [-0.05, 0) is 62.8 Å². The fourth-order valence-electron chi connectivity index (χ4n) is 3.26. The van der Waals surface area contributed by atoms with Crippen molar-refractivity contribution in [1.82, 2.24) is 0 Å². The summed E-state index contributed by atoms with van der Waals surface area (Å²) in [5.41, 5.74) is 9.50. The van der Waals surface area contributed by atoms with Gasteiger partial charge in [-0.3, -0.25) is 4.79 Å². The van der Waals surface area contributed by atoms with E-state index in [1.165, 1.54) is 11.1 Å². The maximum atomic E-state index is 12.6. The lowest BCUT2D eigenvalue weighted by atomic mass is 9.99. The molecule has 0 aliphatic heterocycles. The Balaban J connectivity index is 2.12. The number of carbonyl (C=O) groups excluding carboxylic acids is 1. The topological polar surface area (TPSA) is 46.3 Å². The molecule has 1 aliphatic rings. The summed E-state index contributed by atoms with van der Waals surface area (Å²) < 4.78 is 0. The van der Waals surface area contributed by atoms with Crippen LogP contribution in [0.3, 0.4) is 0 Å². The van der Waals surface area contributed by atoms with E-state index < -0.39 is 0 Å². The third-order valence-electron chi connectivity index (χ3n) is 4.29. The van der Waals surface area contributed by atoms with Crippen molar-refractivity contribution in [3.8, 4) is 0 Å². The summed E-state index contributed by atoms with van der Waals surface area (Å²) in [5.74, 6) is 0.572. The smallest absolute Gasteiger partial charge is 0.227 e. The van der Waals surface area contributed by atoms with Crippen molar-refractivity contribution < 1.29 is 4.79 Å². The lowest BCUT2D eigenvalue weighted by Gasteiger charge is -2.24. The lowest BCUT2D eigenvalue weighted by Crippen LogP contribution is -2.35. The molecule has 3 nitrogen and oxygen atoms in total. The Morgan fingerprint density at radius 1 is 1.25 bits per heavy atom. The van der Waals surface area contributed by atoms with Crippen molar-refractivity contribution in [1.29, 1.82) is 0 Å². The molecule has 0 bridgehead atoms. The molecule has 1 aromatic rings. The Hall–Kier alpha value is -1.35. The highest BCUT2D eigenvalue weighted by Crippen LogP contribution is 2.28. The van der Waals surface area contributed by atoms with Gasteiger partial charge in [0.05, 0.1) is 0 Å². The Labute approximate surface area is 122 Å². The monoisotopic (exact) mass is 274 g/mol. The molecule has 2 atom stereocenters. The van der Waals surface area contributed by atoms with Crippen LogP contribution >= 0.6 is 0 Å². The van der Waals surface area contributed by atoms with Gasteiger partial charge in [0.2, 0.25) is 5.91 Å². The minimum Gasteiger partial charge on any atom is -0.327 e. The Morgan fingerprint density at radius 2 is 1.90 bits per heavy atom. The number of rotatable bonds is 4.